The molecule has 8 aromatic heterocycles. The smallest absolute Gasteiger partial charge is 0.122 e. The Balaban J connectivity index is 0.928. The third kappa shape index (κ3) is 10.7. The lowest BCUT2D eigenvalue weighted by Gasteiger charge is -2.29. The molecule has 1 aliphatic rings. The fourth-order valence-electron chi connectivity index (χ4n) is 11.1. The number of hydrogen-bond donors (Lipinski definition) is 0. The van der Waals surface area contributed by atoms with Crippen LogP contribution in [0, 0.1) is 0 Å². The molecule has 4 nitrogen and oxygen atoms in total. The maximum Gasteiger partial charge on any atom is 0.122 e. The molecule has 0 fully saturated rings. The molecule has 0 spiro atoms. The van der Waals surface area contributed by atoms with Crippen LogP contribution in [0.1, 0.15) is 140 Å². The van der Waals surface area contributed by atoms with Crippen molar-refractivity contribution in [2.45, 2.75) is 155 Å². The van der Waals surface area contributed by atoms with Gasteiger partial charge in [-0.05, 0) is 109 Å². The number of aryl methyl sites for hydroxylation is 2. The van der Waals surface area contributed by atoms with Crippen LogP contribution in [0.4, 0.5) is 0 Å². The van der Waals surface area contributed by atoms with Crippen molar-refractivity contribution in [3.05, 3.63) is 94.7 Å². The van der Waals surface area contributed by atoms with Gasteiger partial charge in [0.2, 0.25) is 0 Å². The van der Waals surface area contributed by atoms with Crippen LogP contribution < -0.4 is 10.4 Å². The third-order valence-corrected chi connectivity index (χ3v) is 29.2. The van der Waals surface area contributed by atoms with Crippen LogP contribution in [0.25, 0.3) is 93.1 Å². The number of fused-ring (bicyclic) bond motifs is 5. The quantitative estimate of drug-likeness (QED) is 0.0400. The van der Waals surface area contributed by atoms with E-state index in [4.69, 9.17) is 17.5 Å². The lowest BCUT2D eigenvalue weighted by Crippen LogP contribution is -2.54. The lowest BCUT2D eigenvalue weighted by atomic mass is 10.1. The number of hydrogen-bond acceptors (Lipinski definition) is 12. The highest BCUT2D eigenvalue weighted by Crippen LogP contribution is 2.50. The topological polar surface area (TPSA) is 51.6 Å². The van der Waals surface area contributed by atoms with Crippen LogP contribution in [-0.2, 0) is 12.8 Å². The molecule has 0 aliphatic carbocycles. The van der Waals surface area contributed by atoms with Gasteiger partial charge in [0.15, 0.2) is 0 Å². The van der Waals surface area contributed by atoms with Crippen molar-refractivity contribution in [2.75, 3.05) is 0 Å². The second kappa shape index (κ2) is 23.8. The molecule has 0 atom stereocenters. The molecule has 11 rings (SSSR count). The normalized spacial score (nSPS) is 13.0. The zero-order chi connectivity index (χ0) is 49.7. The number of thiophene rings is 6. The monoisotopic (exact) mass is 1130 g/mol. The Morgan fingerprint density at radius 3 is 1.07 bits per heavy atom. The van der Waals surface area contributed by atoms with E-state index in [-0.39, 0.29) is 0 Å². The largest absolute Gasteiger partial charge is 0.172 e. The van der Waals surface area contributed by atoms with E-state index in [0.717, 1.165) is 22.1 Å². The summed E-state index contributed by atoms with van der Waals surface area (Å²) < 4.78 is 20.2. The third-order valence-electron chi connectivity index (χ3n) is 15.1. The average Bonchev–Trinajstić information content (AvgIpc) is 4.26. The molecule has 13 heteroatoms. The molecule has 2 aromatic carbocycles. The minimum atomic E-state index is -2.15. The van der Waals surface area contributed by atoms with E-state index in [1.807, 2.05) is 68.0 Å². The van der Waals surface area contributed by atoms with Gasteiger partial charge in [0.25, 0.3) is 0 Å². The SMILES string of the molecule is CCCCCCc1ccc(-c2ccc(-c3ccc(-c4cc5c(s4)-c4sc(-c6ccc(-c7ccc(-c8ccc(CCCCCC)s8)s7)c7nsnc67)cc4[Si]5(CCCCCC)CCCCCC)c4nsnc34)s2)s1. The molecule has 1 aliphatic heterocycles. The van der Waals surface area contributed by atoms with Crippen molar-refractivity contribution in [3.8, 4) is 71.0 Å². The molecule has 73 heavy (non-hydrogen) atoms. The molecule has 10 aromatic rings. The van der Waals surface area contributed by atoms with Crippen molar-refractivity contribution in [3.63, 3.8) is 0 Å². The summed E-state index contributed by atoms with van der Waals surface area (Å²) in [6.07, 6.45) is 23.2. The highest BCUT2D eigenvalue weighted by atomic mass is 32.1. The van der Waals surface area contributed by atoms with E-state index >= 15 is 0 Å². The van der Waals surface area contributed by atoms with E-state index in [9.17, 15) is 0 Å². The van der Waals surface area contributed by atoms with E-state index in [2.05, 4.69) is 113 Å². The van der Waals surface area contributed by atoms with Gasteiger partial charge in [-0.1, -0.05) is 142 Å². The van der Waals surface area contributed by atoms with Gasteiger partial charge in [-0.25, -0.2) is 0 Å². The van der Waals surface area contributed by atoms with Crippen LogP contribution >= 0.6 is 91.5 Å². The van der Waals surface area contributed by atoms with E-state index in [0.29, 0.717) is 0 Å². The first-order chi connectivity index (χ1) is 36.0. The van der Waals surface area contributed by atoms with E-state index < -0.39 is 8.07 Å². The standard InChI is InChI=1S/C60H66N4S8Si/c1-5-9-13-17-21-39-23-29-47(65-39)49-33-31-45(67-49)41-25-27-43(57-55(41)61-71-63-57)51-37-53-59(69-51)60-54(73(53,35-19-15-11-7-3)36-20-16-12-8-4)38-52(70-60)44-28-26-42(56-58(44)64-72-62-56)46-32-34-50(68-46)48-30-24-40(66-48)22-18-14-10-6-2/h23-34,37-38H,5-22,35-36H2,1-4H3. The van der Waals surface area contributed by atoms with Gasteiger partial charge in [0, 0.05) is 80.8 Å². The summed E-state index contributed by atoms with van der Waals surface area (Å²) in [5, 5.41) is 3.38. The summed E-state index contributed by atoms with van der Waals surface area (Å²) >= 11 is 14.5. The van der Waals surface area contributed by atoms with Gasteiger partial charge in [-0.15, -0.1) is 68.0 Å². The highest BCUT2D eigenvalue weighted by molar-refractivity contribution is 7.32. The zero-order valence-corrected chi connectivity index (χ0v) is 50.3. The molecule has 0 unspecified atom stereocenters. The van der Waals surface area contributed by atoms with Crippen molar-refractivity contribution in [2.24, 2.45) is 0 Å². The molecule has 0 bridgehead atoms. The molecule has 0 radical (unpaired) electrons. The van der Waals surface area contributed by atoms with Crippen LogP contribution in [0.15, 0.2) is 84.9 Å². The summed E-state index contributed by atoms with van der Waals surface area (Å²) in [4.78, 5) is 16.7. The minimum Gasteiger partial charge on any atom is -0.172 e. The summed E-state index contributed by atoms with van der Waals surface area (Å²) in [6.45, 7) is 9.27. The molecule has 0 amide bonds. The maximum absolute atomic E-state index is 5.07. The van der Waals surface area contributed by atoms with Crippen molar-refractivity contribution >= 4 is 132 Å². The molecule has 0 N–H and O–H groups in total. The number of nitrogens with zero attached hydrogens (tertiary/aromatic N) is 4. The Morgan fingerprint density at radius 1 is 0.329 bits per heavy atom. The highest BCUT2D eigenvalue weighted by Gasteiger charge is 2.47. The fourth-order valence-corrected chi connectivity index (χ4v) is 26.1. The Hall–Kier alpha value is -3.50. The second-order valence-electron chi connectivity index (χ2n) is 20.1. The molecule has 0 saturated heterocycles. The van der Waals surface area contributed by atoms with Crippen LogP contribution in [0.3, 0.4) is 0 Å². The van der Waals surface area contributed by atoms with Gasteiger partial charge in [-0.3, -0.25) is 0 Å². The van der Waals surface area contributed by atoms with Gasteiger partial charge >= 0.3 is 0 Å². The molecular weight excluding hydrogens is 1060 g/mol. The summed E-state index contributed by atoms with van der Waals surface area (Å²) in [7, 11) is -2.15. The summed E-state index contributed by atoms with van der Waals surface area (Å²) in [5.74, 6) is 0. The Morgan fingerprint density at radius 2 is 0.671 bits per heavy atom. The van der Waals surface area contributed by atoms with Crippen LogP contribution in [-0.4, -0.2) is 25.6 Å². The number of rotatable bonds is 26. The predicted octanol–water partition coefficient (Wildman–Crippen LogP) is 21.0. The number of unbranched alkanes of at least 4 members (excludes halogenated alkanes) is 12. The molecule has 9 heterocycles. The summed E-state index contributed by atoms with van der Waals surface area (Å²) in [5.41, 5.74) is 9.02. The first-order valence-electron chi connectivity index (χ1n) is 27.2. The zero-order valence-electron chi connectivity index (χ0n) is 42.8. The van der Waals surface area contributed by atoms with Crippen molar-refractivity contribution < 1.29 is 0 Å². The number of benzene rings is 2. The van der Waals surface area contributed by atoms with Gasteiger partial charge < -0.3 is 0 Å². The second-order valence-corrected chi connectivity index (χ2v) is 32.0. The van der Waals surface area contributed by atoms with Gasteiger partial charge in [0.1, 0.15) is 30.1 Å². The van der Waals surface area contributed by atoms with E-state index in [1.54, 1.807) is 10.4 Å². The minimum absolute atomic E-state index is 1.03. The fraction of sp³-hybridized carbons (Fsp3) is 0.400. The van der Waals surface area contributed by atoms with Crippen LogP contribution in [0.5, 0.6) is 0 Å². The first-order valence-corrected chi connectivity index (χ1v) is 36.0. The summed E-state index contributed by atoms with van der Waals surface area (Å²) in [6, 6.07) is 36.0. The molecular formula is C60H66N4S8Si. The Kier molecular flexibility index (Phi) is 16.8. The molecule has 378 valence electrons. The lowest BCUT2D eigenvalue weighted by molar-refractivity contribution is 0.670. The average molecular weight is 1130 g/mol. The first kappa shape index (κ1) is 51.6. The Labute approximate surface area is 466 Å². The van der Waals surface area contributed by atoms with Gasteiger partial charge in [0.05, 0.1) is 23.5 Å². The van der Waals surface area contributed by atoms with Crippen molar-refractivity contribution in [1.82, 2.24) is 17.5 Å². The number of aromatic nitrogens is 4. The van der Waals surface area contributed by atoms with Crippen LogP contribution in [0.2, 0.25) is 12.1 Å². The van der Waals surface area contributed by atoms with E-state index in [1.165, 1.54) is 232 Å². The maximum atomic E-state index is 5.07. The van der Waals surface area contributed by atoms with Crippen molar-refractivity contribution in [1.29, 1.82) is 0 Å². The van der Waals surface area contributed by atoms with Gasteiger partial charge in [-0.2, -0.15) is 17.5 Å². The Bertz CT molecular complexity index is 3200. The predicted molar refractivity (Wildman–Crippen MR) is 332 cm³/mol. The molecule has 0 saturated carbocycles.